The van der Waals surface area contributed by atoms with E-state index in [0.29, 0.717) is 39.3 Å². The molecule has 2 heterocycles. The summed E-state index contributed by atoms with van der Waals surface area (Å²) in [6.45, 7) is 17.6. The summed E-state index contributed by atoms with van der Waals surface area (Å²) in [5.74, 6) is -0.890. The Hall–Kier alpha value is -5.60. The SMILES string of the molecule is CN[C@@H](C)C(=O)N[C@H](C(=O)N1CCC[C@H]1CN(Cc1ccc(CN(C[C@@H]2CCCN2C(=O)[C@@H](NC(=O)[C@H](C)NC)C(C)(C)C)C(=O)Cc2ccccc2)cc1)C(=O)Cc1ccccc1)C(C)(C)C. The predicted octanol–water partition coefficient (Wildman–Crippen LogP) is 5.09. The van der Waals surface area contributed by atoms with Gasteiger partial charge >= 0.3 is 0 Å². The van der Waals surface area contributed by atoms with Gasteiger partial charge in [-0.2, -0.15) is 0 Å². The van der Waals surface area contributed by atoms with Crippen molar-refractivity contribution in [3.05, 3.63) is 107 Å². The average molecular weight is 935 g/mol. The first-order valence-corrected chi connectivity index (χ1v) is 24.5. The monoisotopic (exact) mass is 935 g/mol. The molecule has 2 aliphatic rings. The second-order valence-electron chi connectivity index (χ2n) is 21.0. The normalized spacial score (nSPS) is 18.0. The van der Waals surface area contributed by atoms with E-state index in [0.717, 1.165) is 47.9 Å². The number of carbonyl (C=O) groups is 6. The van der Waals surface area contributed by atoms with E-state index in [1.54, 1.807) is 27.9 Å². The zero-order valence-corrected chi connectivity index (χ0v) is 42.3. The molecule has 68 heavy (non-hydrogen) atoms. The second-order valence-corrected chi connectivity index (χ2v) is 21.0. The van der Waals surface area contributed by atoms with Gasteiger partial charge < -0.3 is 40.9 Å². The minimum absolute atomic E-state index is 0.0544. The highest BCUT2D eigenvalue weighted by molar-refractivity contribution is 5.91. The average Bonchev–Trinajstić information content (AvgIpc) is 3.98. The van der Waals surface area contributed by atoms with Crippen LogP contribution in [0.2, 0.25) is 0 Å². The van der Waals surface area contributed by atoms with Gasteiger partial charge in [-0.3, -0.25) is 28.8 Å². The molecule has 0 spiro atoms. The maximum Gasteiger partial charge on any atom is 0.246 e. The molecule has 4 N–H and O–H groups in total. The van der Waals surface area contributed by atoms with Gasteiger partial charge in [-0.1, -0.05) is 126 Å². The summed E-state index contributed by atoms with van der Waals surface area (Å²) < 4.78 is 0. The van der Waals surface area contributed by atoms with E-state index < -0.39 is 35.0 Å². The number of likely N-dealkylation sites (tertiary alicyclic amines) is 2. The van der Waals surface area contributed by atoms with Crippen LogP contribution in [0.25, 0.3) is 0 Å². The zero-order valence-electron chi connectivity index (χ0n) is 42.3. The third kappa shape index (κ3) is 14.7. The van der Waals surface area contributed by atoms with Gasteiger partial charge in [-0.25, -0.2) is 0 Å². The number of nitrogens with one attached hydrogen (secondary N) is 4. The lowest BCUT2D eigenvalue weighted by Gasteiger charge is -2.38. The molecule has 0 aromatic heterocycles. The highest BCUT2D eigenvalue weighted by atomic mass is 16.2. The van der Waals surface area contributed by atoms with Crippen molar-refractivity contribution in [2.75, 3.05) is 40.3 Å². The first kappa shape index (κ1) is 53.4. The van der Waals surface area contributed by atoms with E-state index in [1.807, 2.05) is 146 Å². The van der Waals surface area contributed by atoms with Crippen LogP contribution >= 0.6 is 0 Å². The van der Waals surface area contributed by atoms with Gasteiger partial charge in [0.05, 0.1) is 24.9 Å². The van der Waals surface area contributed by atoms with Crippen LogP contribution in [0.5, 0.6) is 0 Å². The van der Waals surface area contributed by atoms with Crippen molar-refractivity contribution in [1.29, 1.82) is 0 Å². The molecule has 14 heteroatoms. The Bertz CT molecular complexity index is 2000. The molecule has 2 saturated heterocycles. The van der Waals surface area contributed by atoms with Crippen molar-refractivity contribution < 1.29 is 28.8 Å². The minimum Gasteiger partial charge on any atom is -0.342 e. The molecular formula is C54H78N8O6. The molecule has 2 aliphatic heterocycles. The molecule has 5 rings (SSSR count). The van der Waals surface area contributed by atoms with Gasteiger partial charge in [0.2, 0.25) is 35.4 Å². The lowest BCUT2D eigenvalue weighted by Crippen LogP contribution is -2.59. The molecule has 0 aliphatic carbocycles. The number of amides is 6. The van der Waals surface area contributed by atoms with Crippen LogP contribution < -0.4 is 21.3 Å². The predicted molar refractivity (Wildman–Crippen MR) is 267 cm³/mol. The first-order valence-electron chi connectivity index (χ1n) is 24.5. The fourth-order valence-electron chi connectivity index (χ4n) is 9.03. The lowest BCUT2D eigenvalue weighted by molar-refractivity contribution is -0.142. The summed E-state index contributed by atoms with van der Waals surface area (Å²) in [6, 6.07) is 24.4. The second kappa shape index (κ2) is 24.1. The lowest BCUT2D eigenvalue weighted by atomic mass is 9.85. The van der Waals surface area contributed by atoms with E-state index in [1.165, 1.54) is 0 Å². The summed E-state index contributed by atoms with van der Waals surface area (Å²) in [5.41, 5.74) is 2.52. The summed E-state index contributed by atoms with van der Waals surface area (Å²) in [5, 5.41) is 11.9. The Labute approximate surface area is 405 Å². The smallest absolute Gasteiger partial charge is 0.246 e. The van der Waals surface area contributed by atoms with Gasteiger partial charge in [0.1, 0.15) is 12.1 Å². The Kier molecular flexibility index (Phi) is 18.9. The largest absolute Gasteiger partial charge is 0.342 e. The molecule has 6 amide bonds. The third-order valence-corrected chi connectivity index (χ3v) is 13.5. The topological polar surface area (TPSA) is 163 Å². The van der Waals surface area contributed by atoms with Gasteiger partial charge in [0.25, 0.3) is 0 Å². The molecule has 3 aromatic carbocycles. The van der Waals surface area contributed by atoms with E-state index in [2.05, 4.69) is 21.3 Å². The quantitative estimate of drug-likeness (QED) is 0.122. The van der Waals surface area contributed by atoms with Crippen LogP contribution in [0, 0.1) is 10.8 Å². The van der Waals surface area contributed by atoms with Crippen molar-refractivity contribution in [3.8, 4) is 0 Å². The third-order valence-electron chi connectivity index (χ3n) is 13.5. The van der Waals surface area contributed by atoms with Crippen LogP contribution in [0.4, 0.5) is 0 Å². The van der Waals surface area contributed by atoms with Crippen molar-refractivity contribution in [2.45, 2.75) is 143 Å². The first-order chi connectivity index (χ1) is 32.2. The fourth-order valence-corrected chi connectivity index (χ4v) is 9.03. The van der Waals surface area contributed by atoms with Crippen LogP contribution in [-0.2, 0) is 54.7 Å². The molecule has 3 aromatic rings. The number of hydrogen-bond acceptors (Lipinski definition) is 8. The molecule has 0 saturated carbocycles. The maximum absolute atomic E-state index is 14.3. The maximum atomic E-state index is 14.3. The Morgan fingerprint density at radius 3 is 1.19 bits per heavy atom. The van der Waals surface area contributed by atoms with Crippen molar-refractivity contribution in [2.24, 2.45) is 10.8 Å². The molecule has 0 radical (unpaired) electrons. The zero-order chi connectivity index (χ0) is 49.8. The minimum atomic E-state index is -0.746. The highest BCUT2D eigenvalue weighted by Crippen LogP contribution is 2.29. The Morgan fingerprint density at radius 1 is 0.544 bits per heavy atom. The number of nitrogens with zero attached hydrogens (tertiary/aromatic N) is 4. The number of hydrogen-bond donors (Lipinski definition) is 4. The highest BCUT2D eigenvalue weighted by Gasteiger charge is 2.42. The Balaban J connectivity index is 1.37. The van der Waals surface area contributed by atoms with Crippen molar-refractivity contribution >= 4 is 35.4 Å². The van der Waals surface area contributed by atoms with E-state index in [-0.39, 0.29) is 60.4 Å². The summed E-state index contributed by atoms with van der Waals surface area (Å²) >= 11 is 0. The van der Waals surface area contributed by atoms with Gasteiger partial charge in [-0.15, -0.1) is 0 Å². The summed E-state index contributed by atoms with van der Waals surface area (Å²) in [4.78, 5) is 90.7. The standard InChI is InChI=1S/C54H78N8O6/c1-37(55-9)49(65)57-47(53(3,4)5)51(67)61-29-17-23-43(61)35-59(45(63)31-39-19-13-11-14-20-39)33-41-25-27-42(28-26-41)34-60(46(64)32-40-21-15-12-16-22-40)36-44-24-18-30-62(44)52(68)48(54(6,7)8)58-50(66)38(2)56-10/h11-16,19-22,25-28,37-38,43-44,47-48,55-56H,17-18,23-24,29-36H2,1-10H3,(H,57,65)(H,58,66)/t37-,38-,43-,44-,47+,48+/m0/s1. The number of rotatable bonds is 20. The van der Waals surface area contributed by atoms with Crippen molar-refractivity contribution in [3.63, 3.8) is 0 Å². The molecule has 2 fully saturated rings. The van der Waals surface area contributed by atoms with E-state index in [9.17, 15) is 28.8 Å². The van der Waals surface area contributed by atoms with Crippen LogP contribution in [0.1, 0.15) is 103 Å². The molecular weight excluding hydrogens is 857 g/mol. The molecule has 0 bridgehead atoms. The molecule has 14 nitrogen and oxygen atoms in total. The van der Waals surface area contributed by atoms with E-state index >= 15 is 0 Å². The van der Waals surface area contributed by atoms with Gasteiger partial charge in [0.15, 0.2) is 0 Å². The van der Waals surface area contributed by atoms with Crippen LogP contribution in [0.15, 0.2) is 84.9 Å². The Morgan fingerprint density at radius 2 is 0.882 bits per heavy atom. The van der Waals surface area contributed by atoms with Crippen LogP contribution in [0.3, 0.4) is 0 Å². The number of carbonyl (C=O) groups excluding carboxylic acids is 6. The fraction of sp³-hybridized carbons (Fsp3) is 0.556. The summed E-state index contributed by atoms with van der Waals surface area (Å²) in [7, 11) is 3.42. The molecule has 6 atom stereocenters. The van der Waals surface area contributed by atoms with Gasteiger partial charge in [0, 0.05) is 51.4 Å². The van der Waals surface area contributed by atoms with E-state index in [4.69, 9.17) is 0 Å². The van der Waals surface area contributed by atoms with Gasteiger partial charge in [-0.05, 0) is 86.7 Å². The number of benzene rings is 3. The van der Waals surface area contributed by atoms with Crippen LogP contribution in [-0.4, -0.2) is 132 Å². The van der Waals surface area contributed by atoms with Crippen molar-refractivity contribution in [1.82, 2.24) is 40.9 Å². The number of likely N-dealkylation sites (N-methyl/N-ethyl adjacent to an activating group) is 2. The molecule has 370 valence electrons. The molecule has 0 unspecified atom stereocenters. The summed E-state index contributed by atoms with van der Waals surface area (Å²) in [6.07, 6.45) is 3.46.